The number of sulfonamides is 1. The van der Waals surface area contributed by atoms with Gasteiger partial charge in [-0.1, -0.05) is 23.7 Å². The van der Waals surface area contributed by atoms with Crippen molar-refractivity contribution in [3.8, 4) is 0 Å². The van der Waals surface area contributed by atoms with Crippen molar-refractivity contribution in [2.24, 2.45) is 5.73 Å². The second-order valence-corrected chi connectivity index (χ2v) is 11.0. The molecule has 1 atom stereocenters. The molecule has 4 rings (SSSR count). The number of rotatable bonds is 6. The number of likely N-dealkylation sites (N-methyl/N-ethyl adjacent to an activating group) is 1. The van der Waals surface area contributed by atoms with Gasteiger partial charge in [0.05, 0.1) is 20.5 Å². The van der Waals surface area contributed by atoms with Gasteiger partial charge in [-0.3, -0.25) is 10.2 Å². The Morgan fingerprint density at radius 1 is 1.31 bits per heavy atom. The van der Waals surface area contributed by atoms with Gasteiger partial charge in [0.2, 0.25) is 15.9 Å². The van der Waals surface area contributed by atoms with E-state index in [1.165, 1.54) is 24.5 Å². The van der Waals surface area contributed by atoms with Gasteiger partial charge in [0.1, 0.15) is 11.9 Å². The molecule has 32 heavy (non-hydrogen) atoms. The minimum atomic E-state index is -3.90. The number of likely N-dealkylation sites (tertiary alicyclic amines) is 1. The summed E-state index contributed by atoms with van der Waals surface area (Å²) >= 11 is 7.57. The predicted octanol–water partition coefficient (Wildman–Crippen LogP) is 2.84. The highest BCUT2D eigenvalue weighted by Gasteiger charge is 2.39. The van der Waals surface area contributed by atoms with Crippen LogP contribution in [0.2, 0.25) is 5.02 Å². The van der Waals surface area contributed by atoms with E-state index in [4.69, 9.17) is 28.5 Å². The van der Waals surface area contributed by atoms with Crippen molar-refractivity contribution in [2.75, 3.05) is 19.3 Å². The van der Waals surface area contributed by atoms with Crippen LogP contribution in [0.3, 0.4) is 0 Å². The molecule has 1 unspecified atom stereocenters. The van der Waals surface area contributed by atoms with E-state index in [2.05, 4.69) is 0 Å². The number of hydrogen-bond acceptors (Lipinski definition) is 6. The van der Waals surface area contributed by atoms with Crippen LogP contribution >= 0.6 is 22.9 Å². The second-order valence-electron chi connectivity index (χ2n) is 7.67. The molecule has 1 aliphatic heterocycles. The van der Waals surface area contributed by atoms with E-state index in [1.54, 1.807) is 35.2 Å². The molecule has 5 N–H and O–H groups in total. The number of carbonyl (C=O) groups is 1. The number of nitrogens with two attached hydrogens (primary N) is 2. The van der Waals surface area contributed by atoms with E-state index in [0.717, 1.165) is 9.87 Å². The summed E-state index contributed by atoms with van der Waals surface area (Å²) in [7, 11) is -2.47. The summed E-state index contributed by atoms with van der Waals surface area (Å²) in [4.78, 5) is 15.3. The fraction of sp³-hybridized carbons (Fsp3) is 0.238. The monoisotopic (exact) mass is 491 g/mol. The van der Waals surface area contributed by atoms with Crippen LogP contribution in [0.1, 0.15) is 16.9 Å². The lowest BCUT2D eigenvalue weighted by Gasteiger charge is -2.23. The Kier molecular flexibility index (Phi) is 5.89. The molecule has 1 aliphatic rings. The molecular formula is C21H22ClN5O3S2. The van der Waals surface area contributed by atoms with Crippen LogP contribution in [-0.2, 0) is 21.4 Å². The van der Waals surface area contributed by atoms with Gasteiger partial charge < -0.3 is 16.4 Å². The third-order valence-corrected chi connectivity index (χ3v) is 8.93. The van der Waals surface area contributed by atoms with Gasteiger partial charge in [-0.05, 0) is 47.0 Å². The summed E-state index contributed by atoms with van der Waals surface area (Å²) in [5, 5.41) is 11.0. The molecule has 168 valence electrons. The molecule has 0 bridgehead atoms. The van der Waals surface area contributed by atoms with E-state index >= 15 is 0 Å². The quantitative estimate of drug-likeness (QED) is 0.277. The lowest BCUT2D eigenvalue weighted by Crippen LogP contribution is -2.42. The number of amides is 1. The van der Waals surface area contributed by atoms with E-state index in [1.807, 2.05) is 5.38 Å². The van der Waals surface area contributed by atoms with Crippen LogP contribution in [0.25, 0.3) is 10.8 Å². The standard InChI is InChI=1S/C21H22ClN5O3S2/c1-26(17-6-7-27(21(17)28)10-12-8-18(20(24)25)31-11-12)32(29,30)14-3-4-15-13(9-14)2-5-16(23)19(15)22/h2-5,8-9,11,17H,6-7,10,23H2,1H3,(H3,24,25). The number of amidine groups is 1. The minimum Gasteiger partial charge on any atom is -0.398 e. The summed E-state index contributed by atoms with van der Waals surface area (Å²) < 4.78 is 27.7. The van der Waals surface area contributed by atoms with Crippen molar-refractivity contribution in [1.82, 2.24) is 9.21 Å². The number of benzene rings is 2. The van der Waals surface area contributed by atoms with E-state index in [0.29, 0.717) is 45.9 Å². The van der Waals surface area contributed by atoms with Crippen molar-refractivity contribution in [3.63, 3.8) is 0 Å². The molecule has 1 aromatic heterocycles. The number of carbonyl (C=O) groups excluding carboxylic acids is 1. The fourth-order valence-corrected chi connectivity index (χ4v) is 6.20. The number of halogens is 1. The zero-order valence-corrected chi connectivity index (χ0v) is 19.6. The largest absolute Gasteiger partial charge is 0.398 e. The number of thiophene rings is 1. The normalized spacial score (nSPS) is 16.9. The third kappa shape index (κ3) is 3.95. The van der Waals surface area contributed by atoms with Crippen LogP contribution in [-0.4, -0.2) is 49.0 Å². The smallest absolute Gasteiger partial charge is 0.243 e. The predicted molar refractivity (Wildman–Crippen MR) is 127 cm³/mol. The molecule has 3 aromatic rings. The molecule has 0 spiro atoms. The van der Waals surface area contributed by atoms with Crippen molar-refractivity contribution < 1.29 is 13.2 Å². The average molecular weight is 492 g/mol. The van der Waals surface area contributed by atoms with Gasteiger partial charge in [-0.2, -0.15) is 4.31 Å². The molecule has 0 saturated carbocycles. The van der Waals surface area contributed by atoms with Gasteiger partial charge in [0.25, 0.3) is 0 Å². The Bertz CT molecular complexity index is 1340. The van der Waals surface area contributed by atoms with E-state index < -0.39 is 16.1 Å². The molecule has 1 saturated heterocycles. The van der Waals surface area contributed by atoms with Crippen molar-refractivity contribution >= 4 is 61.2 Å². The lowest BCUT2D eigenvalue weighted by atomic mass is 10.1. The first kappa shape index (κ1) is 22.5. The molecule has 0 radical (unpaired) electrons. The first-order valence-corrected chi connectivity index (χ1v) is 12.5. The molecule has 8 nitrogen and oxygen atoms in total. The van der Waals surface area contributed by atoms with Crippen LogP contribution < -0.4 is 11.5 Å². The Labute approximate surface area is 194 Å². The molecule has 1 fully saturated rings. The molecule has 1 amide bonds. The summed E-state index contributed by atoms with van der Waals surface area (Å²) in [5.74, 6) is -0.264. The highest BCUT2D eigenvalue weighted by molar-refractivity contribution is 7.89. The second kappa shape index (κ2) is 8.36. The van der Waals surface area contributed by atoms with Gasteiger partial charge >= 0.3 is 0 Å². The summed E-state index contributed by atoms with van der Waals surface area (Å²) in [5.41, 5.74) is 12.6. The average Bonchev–Trinajstić information content (AvgIpc) is 3.37. The highest BCUT2D eigenvalue weighted by atomic mass is 35.5. The Morgan fingerprint density at radius 3 is 2.75 bits per heavy atom. The number of fused-ring (bicyclic) bond motifs is 1. The summed E-state index contributed by atoms with van der Waals surface area (Å²) in [6, 6.07) is 8.99. The van der Waals surface area contributed by atoms with Gasteiger partial charge in [-0.25, -0.2) is 8.42 Å². The number of nitrogens with one attached hydrogen (secondary N) is 1. The maximum absolute atomic E-state index is 13.3. The summed E-state index contributed by atoms with van der Waals surface area (Å²) in [6.07, 6.45) is 0.397. The maximum atomic E-state index is 13.3. The number of nitrogens with zero attached hydrogens (tertiary/aromatic N) is 2. The van der Waals surface area contributed by atoms with E-state index in [9.17, 15) is 13.2 Å². The molecule has 2 heterocycles. The molecule has 0 aliphatic carbocycles. The van der Waals surface area contributed by atoms with Crippen LogP contribution in [0.15, 0.2) is 46.7 Å². The van der Waals surface area contributed by atoms with Crippen molar-refractivity contribution in [1.29, 1.82) is 5.41 Å². The maximum Gasteiger partial charge on any atom is 0.243 e. The Hall–Kier alpha value is -2.66. The van der Waals surface area contributed by atoms with Crippen molar-refractivity contribution in [2.45, 2.75) is 23.9 Å². The Morgan fingerprint density at radius 2 is 2.06 bits per heavy atom. The number of hydrogen-bond donors (Lipinski definition) is 3. The first-order chi connectivity index (χ1) is 15.1. The van der Waals surface area contributed by atoms with Gasteiger partial charge in [0, 0.05) is 25.5 Å². The third-order valence-electron chi connectivity index (χ3n) is 5.63. The highest BCUT2D eigenvalue weighted by Crippen LogP contribution is 2.32. The Balaban J connectivity index is 1.54. The first-order valence-electron chi connectivity index (χ1n) is 9.76. The lowest BCUT2D eigenvalue weighted by molar-refractivity contribution is -0.131. The number of nitrogen functional groups attached to an aromatic ring is 2. The van der Waals surface area contributed by atoms with Gasteiger partial charge in [-0.15, -0.1) is 11.3 Å². The van der Waals surface area contributed by atoms with Crippen LogP contribution in [0, 0.1) is 5.41 Å². The summed E-state index contributed by atoms with van der Waals surface area (Å²) in [6.45, 7) is 0.796. The fourth-order valence-electron chi connectivity index (χ4n) is 3.82. The van der Waals surface area contributed by atoms with Crippen molar-refractivity contribution in [3.05, 3.63) is 57.2 Å². The zero-order valence-electron chi connectivity index (χ0n) is 17.2. The van der Waals surface area contributed by atoms with Gasteiger partial charge in [0.15, 0.2) is 0 Å². The zero-order chi connectivity index (χ0) is 23.2. The molecule has 2 aromatic carbocycles. The molecular weight excluding hydrogens is 470 g/mol. The van der Waals surface area contributed by atoms with Crippen LogP contribution in [0.5, 0.6) is 0 Å². The van der Waals surface area contributed by atoms with Crippen LogP contribution in [0.4, 0.5) is 5.69 Å². The molecule has 11 heteroatoms. The number of anilines is 1. The SMILES string of the molecule is CN(C1CCN(Cc2csc(C(=N)N)c2)C1=O)S(=O)(=O)c1ccc2c(Cl)c(N)ccc2c1. The topological polar surface area (TPSA) is 134 Å². The van der Waals surface area contributed by atoms with E-state index in [-0.39, 0.29) is 16.6 Å². The minimum absolute atomic E-state index is 0.0166.